The lowest BCUT2D eigenvalue weighted by Gasteiger charge is -2.36. The van der Waals surface area contributed by atoms with Gasteiger partial charge in [-0.1, -0.05) is 6.07 Å². The summed E-state index contributed by atoms with van der Waals surface area (Å²) in [5.74, 6) is 2.03. The minimum absolute atomic E-state index is 0.136. The molecule has 24 heavy (non-hydrogen) atoms. The van der Waals surface area contributed by atoms with Crippen LogP contribution in [0.25, 0.3) is 11.1 Å². The van der Waals surface area contributed by atoms with Gasteiger partial charge in [-0.3, -0.25) is 0 Å². The minimum Gasteiger partial charge on any atom is -0.504 e. The number of ether oxygens (including phenoxy) is 3. The number of rotatable bonds is 3. The van der Waals surface area contributed by atoms with Crippen LogP contribution in [-0.2, 0) is 12.8 Å². The van der Waals surface area contributed by atoms with Gasteiger partial charge in [0, 0.05) is 17.2 Å². The summed E-state index contributed by atoms with van der Waals surface area (Å²) in [6.07, 6.45) is 1.80. The number of benzene rings is 2. The molecule has 2 aromatic carbocycles. The first-order valence-electron chi connectivity index (χ1n) is 8.10. The Bertz CT molecular complexity index is 816. The molecule has 5 heteroatoms. The van der Waals surface area contributed by atoms with Crippen molar-refractivity contribution in [3.8, 4) is 34.1 Å². The maximum Gasteiger partial charge on any atom is 0.169 e. The van der Waals surface area contributed by atoms with Gasteiger partial charge in [0.05, 0.1) is 21.3 Å². The highest BCUT2D eigenvalue weighted by atomic mass is 16.5. The fourth-order valence-electron chi connectivity index (χ4n) is 4.06. The van der Waals surface area contributed by atoms with E-state index in [4.69, 9.17) is 14.2 Å². The van der Waals surface area contributed by atoms with E-state index in [-0.39, 0.29) is 11.8 Å². The second-order valence-electron chi connectivity index (χ2n) is 6.17. The highest BCUT2D eigenvalue weighted by Gasteiger charge is 2.36. The van der Waals surface area contributed by atoms with Crippen molar-refractivity contribution in [2.45, 2.75) is 18.9 Å². The molecule has 2 aromatic rings. The molecule has 0 aromatic heterocycles. The molecule has 1 aliphatic carbocycles. The average Bonchev–Trinajstić information content (AvgIpc) is 2.61. The molecule has 126 valence electrons. The lowest BCUT2D eigenvalue weighted by molar-refractivity contribution is 0.351. The van der Waals surface area contributed by atoms with Gasteiger partial charge in [0.15, 0.2) is 23.0 Å². The molecule has 1 heterocycles. The predicted molar refractivity (Wildman–Crippen MR) is 91.4 cm³/mol. The van der Waals surface area contributed by atoms with Gasteiger partial charge in [0.25, 0.3) is 0 Å². The van der Waals surface area contributed by atoms with Gasteiger partial charge in [-0.2, -0.15) is 0 Å². The number of methoxy groups -OCH3 is 3. The second kappa shape index (κ2) is 5.60. The molecular formula is C19H21NO4. The minimum atomic E-state index is 0.136. The molecule has 0 fully saturated rings. The van der Waals surface area contributed by atoms with Crippen molar-refractivity contribution >= 4 is 0 Å². The van der Waals surface area contributed by atoms with E-state index in [1.807, 2.05) is 6.07 Å². The van der Waals surface area contributed by atoms with Gasteiger partial charge >= 0.3 is 0 Å². The summed E-state index contributed by atoms with van der Waals surface area (Å²) in [4.78, 5) is 0. The van der Waals surface area contributed by atoms with E-state index >= 15 is 0 Å². The first kappa shape index (κ1) is 15.1. The lowest BCUT2D eigenvalue weighted by atomic mass is 9.77. The number of phenolic OH excluding ortho intramolecular Hbond substituents is 1. The van der Waals surface area contributed by atoms with Crippen molar-refractivity contribution in [2.24, 2.45) is 0 Å². The molecule has 0 amide bonds. The van der Waals surface area contributed by atoms with Crippen LogP contribution in [0.5, 0.6) is 23.0 Å². The van der Waals surface area contributed by atoms with Crippen molar-refractivity contribution < 1.29 is 19.3 Å². The van der Waals surface area contributed by atoms with Crippen LogP contribution >= 0.6 is 0 Å². The van der Waals surface area contributed by atoms with E-state index in [0.29, 0.717) is 17.2 Å². The normalized spacial score (nSPS) is 17.7. The molecule has 1 aliphatic heterocycles. The Morgan fingerprint density at radius 1 is 1.00 bits per heavy atom. The maximum atomic E-state index is 10.3. The number of fused-ring (bicyclic) bond motifs is 2. The Kier molecular flexibility index (Phi) is 3.53. The molecule has 5 nitrogen and oxygen atoms in total. The molecule has 0 bridgehead atoms. The number of phenols is 1. The molecule has 1 atom stereocenters. The molecule has 2 N–H and O–H groups in total. The summed E-state index contributed by atoms with van der Waals surface area (Å²) < 4.78 is 16.8. The highest BCUT2D eigenvalue weighted by Crippen LogP contribution is 2.54. The molecule has 0 unspecified atom stereocenters. The zero-order chi connectivity index (χ0) is 16.8. The van der Waals surface area contributed by atoms with E-state index in [2.05, 4.69) is 11.4 Å². The average molecular weight is 327 g/mol. The van der Waals surface area contributed by atoms with Crippen molar-refractivity contribution in [3.63, 3.8) is 0 Å². The maximum absolute atomic E-state index is 10.3. The largest absolute Gasteiger partial charge is 0.504 e. The summed E-state index contributed by atoms with van der Waals surface area (Å²) in [6.45, 7) is 0.942. The van der Waals surface area contributed by atoms with Crippen LogP contribution in [0, 0.1) is 0 Å². The van der Waals surface area contributed by atoms with E-state index < -0.39 is 0 Å². The standard InChI is InChI=1S/C19H21NO4/c1-22-14-9-11-6-7-20-12-8-10-4-5-13(21)18(23-2)16(10)17(15(11)12)19(14)24-3/h4-5,9,12,20-21H,6-8H2,1-3H3/t12-/m0/s1. The van der Waals surface area contributed by atoms with E-state index in [1.54, 1.807) is 27.4 Å². The Labute approximate surface area is 141 Å². The van der Waals surface area contributed by atoms with Gasteiger partial charge in [0.1, 0.15) is 0 Å². The SMILES string of the molecule is COc1cc2c3c(c1OC)-c1c(ccc(O)c1OC)C[C@@H]3NCC2. The van der Waals surface area contributed by atoms with Crippen molar-refractivity contribution in [3.05, 3.63) is 34.9 Å². The monoisotopic (exact) mass is 327 g/mol. The Morgan fingerprint density at radius 2 is 1.79 bits per heavy atom. The van der Waals surface area contributed by atoms with Crippen molar-refractivity contribution in [1.82, 2.24) is 5.32 Å². The van der Waals surface area contributed by atoms with E-state index in [1.165, 1.54) is 11.1 Å². The highest BCUT2D eigenvalue weighted by molar-refractivity contribution is 5.88. The Hall–Kier alpha value is -2.40. The van der Waals surface area contributed by atoms with E-state index in [9.17, 15) is 5.11 Å². The van der Waals surface area contributed by atoms with Gasteiger partial charge in [-0.15, -0.1) is 0 Å². The van der Waals surface area contributed by atoms with Crippen molar-refractivity contribution in [1.29, 1.82) is 0 Å². The van der Waals surface area contributed by atoms with Crippen LogP contribution in [-0.4, -0.2) is 33.0 Å². The summed E-state index contributed by atoms with van der Waals surface area (Å²) in [5.41, 5.74) is 5.51. The van der Waals surface area contributed by atoms with Crippen LogP contribution in [0.2, 0.25) is 0 Å². The third kappa shape index (κ3) is 1.97. The quantitative estimate of drug-likeness (QED) is 0.908. The number of aromatic hydroxyl groups is 1. The predicted octanol–water partition coefficient (Wildman–Crippen LogP) is 2.83. The van der Waals surface area contributed by atoms with Crippen LogP contribution in [0.1, 0.15) is 22.7 Å². The summed E-state index contributed by atoms with van der Waals surface area (Å²) in [5, 5.41) is 13.9. The molecule has 2 aliphatic rings. The molecule has 0 radical (unpaired) electrons. The third-order valence-electron chi connectivity index (χ3n) is 5.03. The topological polar surface area (TPSA) is 60.0 Å². The van der Waals surface area contributed by atoms with Crippen LogP contribution < -0.4 is 19.5 Å². The van der Waals surface area contributed by atoms with E-state index in [0.717, 1.165) is 36.1 Å². The molecular weight excluding hydrogens is 306 g/mol. The fourth-order valence-corrected chi connectivity index (χ4v) is 4.06. The van der Waals surface area contributed by atoms with Gasteiger partial charge in [0.2, 0.25) is 0 Å². The molecule has 0 spiro atoms. The summed E-state index contributed by atoms with van der Waals surface area (Å²) >= 11 is 0. The number of nitrogens with one attached hydrogen (secondary N) is 1. The molecule has 0 saturated heterocycles. The Morgan fingerprint density at radius 3 is 2.50 bits per heavy atom. The van der Waals surface area contributed by atoms with Gasteiger partial charge in [-0.05, 0) is 48.2 Å². The van der Waals surface area contributed by atoms with Crippen molar-refractivity contribution in [2.75, 3.05) is 27.9 Å². The molecule has 0 saturated carbocycles. The number of hydrogen-bond donors (Lipinski definition) is 2. The summed E-state index contributed by atoms with van der Waals surface area (Å²) in [7, 11) is 4.88. The fraction of sp³-hybridized carbons (Fsp3) is 0.368. The second-order valence-corrected chi connectivity index (χ2v) is 6.17. The zero-order valence-corrected chi connectivity index (χ0v) is 14.1. The first-order valence-corrected chi connectivity index (χ1v) is 8.10. The third-order valence-corrected chi connectivity index (χ3v) is 5.03. The van der Waals surface area contributed by atoms with Crippen LogP contribution in [0.15, 0.2) is 18.2 Å². The van der Waals surface area contributed by atoms with Gasteiger partial charge in [-0.25, -0.2) is 0 Å². The summed E-state index contributed by atoms with van der Waals surface area (Å²) in [6, 6.07) is 5.97. The van der Waals surface area contributed by atoms with Crippen LogP contribution in [0.4, 0.5) is 0 Å². The first-order chi connectivity index (χ1) is 11.7. The smallest absolute Gasteiger partial charge is 0.169 e. The number of hydrogen-bond acceptors (Lipinski definition) is 5. The zero-order valence-electron chi connectivity index (χ0n) is 14.1. The molecule has 4 rings (SSSR count). The Balaban J connectivity index is 2.13. The lowest BCUT2D eigenvalue weighted by Crippen LogP contribution is -2.34. The van der Waals surface area contributed by atoms with Gasteiger partial charge < -0.3 is 24.6 Å². The van der Waals surface area contributed by atoms with Crippen LogP contribution in [0.3, 0.4) is 0 Å².